The second kappa shape index (κ2) is 8.43. The molecule has 0 aliphatic carbocycles. The maximum absolute atomic E-state index is 12.3. The lowest BCUT2D eigenvalue weighted by atomic mass is 10.0. The smallest absolute Gasteiger partial charge is 0.244 e. The van der Waals surface area contributed by atoms with Crippen LogP contribution < -0.4 is 10.2 Å². The van der Waals surface area contributed by atoms with E-state index in [2.05, 4.69) is 19.2 Å². The average Bonchev–Trinajstić information content (AvgIpc) is 2.60. The topological polar surface area (TPSA) is 66.5 Å². The fourth-order valence-corrected chi connectivity index (χ4v) is 2.56. The summed E-state index contributed by atoms with van der Waals surface area (Å²) in [6.45, 7) is 7.01. The van der Waals surface area contributed by atoms with Crippen molar-refractivity contribution in [3.8, 4) is 0 Å². The van der Waals surface area contributed by atoms with Crippen LogP contribution in [0.2, 0.25) is 0 Å². The number of nitrogens with one attached hydrogen (secondary N) is 1. The molecule has 0 aliphatic heterocycles. The number of nitrogens with zero attached hydrogens (tertiary/aromatic N) is 1. The van der Waals surface area contributed by atoms with E-state index in [1.54, 1.807) is 24.3 Å². The van der Waals surface area contributed by atoms with Crippen LogP contribution in [0.4, 0.5) is 11.4 Å². The molecule has 5 nitrogen and oxygen atoms in total. The number of anilines is 2. The zero-order chi connectivity index (χ0) is 19.3. The minimum atomic E-state index is -0.284. The number of amides is 2. The Labute approximate surface area is 154 Å². The lowest BCUT2D eigenvalue weighted by Gasteiger charge is -2.21. The molecule has 0 unspecified atom stereocenters. The normalized spacial score (nSPS) is 10.5. The minimum absolute atomic E-state index is 0.0477. The van der Waals surface area contributed by atoms with Gasteiger partial charge < -0.3 is 10.2 Å². The highest BCUT2D eigenvalue weighted by molar-refractivity contribution is 6.02. The Balaban J connectivity index is 2.08. The molecule has 0 atom stereocenters. The number of hydrogen-bond donors (Lipinski definition) is 1. The van der Waals surface area contributed by atoms with Crippen LogP contribution in [-0.2, 0) is 9.59 Å². The summed E-state index contributed by atoms with van der Waals surface area (Å²) in [6, 6.07) is 14.3. The van der Waals surface area contributed by atoms with Gasteiger partial charge in [-0.1, -0.05) is 26.0 Å². The van der Waals surface area contributed by atoms with Crippen molar-refractivity contribution in [3.05, 3.63) is 59.7 Å². The van der Waals surface area contributed by atoms with Crippen LogP contribution in [0, 0.1) is 0 Å². The zero-order valence-electron chi connectivity index (χ0n) is 15.6. The molecular formula is C21H24N2O3. The quantitative estimate of drug-likeness (QED) is 0.799. The summed E-state index contributed by atoms with van der Waals surface area (Å²) >= 11 is 0. The monoisotopic (exact) mass is 352 g/mol. The Morgan fingerprint density at radius 3 is 1.96 bits per heavy atom. The molecule has 2 aromatic rings. The molecular weight excluding hydrogens is 328 g/mol. The Bertz CT molecular complexity index is 793. The fraction of sp³-hybridized carbons (Fsp3) is 0.286. The molecule has 0 aromatic heterocycles. The summed E-state index contributed by atoms with van der Waals surface area (Å²) in [7, 11) is 0. The molecule has 0 radical (unpaired) electrons. The van der Waals surface area contributed by atoms with E-state index in [0.29, 0.717) is 22.9 Å². The van der Waals surface area contributed by atoms with Crippen molar-refractivity contribution >= 4 is 29.0 Å². The maximum Gasteiger partial charge on any atom is 0.244 e. The summed E-state index contributed by atoms with van der Waals surface area (Å²) in [5.41, 5.74) is 3.02. The lowest BCUT2D eigenvalue weighted by molar-refractivity contribution is -0.120. The van der Waals surface area contributed by atoms with E-state index in [9.17, 15) is 14.4 Å². The lowest BCUT2D eigenvalue weighted by Crippen LogP contribution is -2.36. The molecule has 0 fully saturated rings. The van der Waals surface area contributed by atoms with Crippen molar-refractivity contribution in [1.29, 1.82) is 0 Å². The number of rotatable bonds is 6. The van der Waals surface area contributed by atoms with Gasteiger partial charge in [0.05, 0.1) is 0 Å². The minimum Gasteiger partial charge on any atom is -0.325 e. The van der Waals surface area contributed by atoms with Crippen molar-refractivity contribution in [3.63, 3.8) is 0 Å². The molecule has 2 amide bonds. The van der Waals surface area contributed by atoms with Crippen LogP contribution in [-0.4, -0.2) is 24.1 Å². The number of Topliss-reactive ketones (excluding diaryl/α,β-unsaturated/α-hetero) is 1. The predicted octanol–water partition coefficient (Wildman–Crippen LogP) is 4.00. The van der Waals surface area contributed by atoms with Crippen LogP contribution in [0.5, 0.6) is 0 Å². The first-order valence-electron chi connectivity index (χ1n) is 8.57. The van der Waals surface area contributed by atoms with Gasteiger partial charge in [-0.15, -0.1) is 0 Å². The predicted molar refractivity (Wildman–Crippen MR) is 104 cm³/mol. The molecule has 5 heteroatoms. The molecule has 0 saturated carbocycles. The maximum atomic E-state index is 12.3. The molecule has 26 heavy (non-hydrogen) atoms. The van der Waals surface area contributed by atoms with Crippen LogP contribution >= 0.6 is 0 Å². The molecule has 0 aliphatic rings. The van der Waals surface area contributed by atoms with Crippen LogP contribution in [0.3, 0.4) is 0 Å². The van der Waals surface area contributed by atoms with Gasteiger partial charge in [-0.25, -0.2) is 0 Å². The Kier molecular flexibility index (Phi) is 6.28. The van der Waals surface area contributed by atoms with Gasteiger partial charge in [-0.2, -0.15) is 0 Å². The Morgan fingerprint density at radius 1 is 0.923 bits per heavy atom. The van der Waals surface area contributed by atoms with E-state index in [4.69, 9.17) is 0 Å². The summed E-state index contributed by atoms with van der Waals surface area (Å²) in [4.78, 5) is 37.0. The average molecular weight is 352 g/mol. The number of carbonyl (C=O) groups excluding carboxylic acids is 3. The van der Waals surface area contributed by atoms with E-state index in [1.807, 2.05) is 24.3 Å². The van der Waals surface area contributed by atoms with Crippen molar-refractivity contribution in [2.45, 2.75) is 33.6 Å². The van der Waals surface area contributed by atoms with E-state index < -0.39 is 0 Å². The van der Waals surface area contributed by atoms with Crippen molar-refractivity contribution in [1.82, 2.24) is 0 Å². The van der Waals surface area contributed by atoms with E-state index in [0.717, 1.165) is 0 Å². The van der Waals surface area contributed by atoms with Crippen LogP contribution in [0.25, 0.3) is 0 Å². The van der Waals surface area contributed by atoms with Crippen molar-refractivity contribution in [2.24, 2.45) is 0 Å². The standard InChI is InChI=1S/C21H24N2O3/c1-14(2)17-5-9-19(10-6-17)22-21(26)13-23(16(4)25)20-11-7-18(8-12-20)15(3)24/h5-12,14H,13H2,1-4H3,(H,22,26). The molecule has 0 heterocycles. The molecule has 2 aromatic carbocycles. The summed E-state index contributed by atoms with van der Waals surface area (Å²) in [5.74, 6) is -0.154. The van der Waals surface area contributed by atoms with Gasteiger partial charge in [0.2, 0.25) is 11.8 Å². The Hall–Kier alpha value is -2.95. The van der Waals surface area contributed by atoms with Gasteiger partial charge in [-0.05, 0) is 54.8 Å². The molecule has 1 N–H and O–H groups in total. The fourth-order valence-electron chi connectivity index (χ4n) is 2.56. The first-order valence-corrected chi connectivity index (χ1v) is 8.57. The zero-order valence-corrected chi connectivity index (χ0v) is 15.6. The van der Waals surface area contributed by atoms with Gasteiger partial charge >= 0.3 is 0 Å². The van der Waals surface area contributed by atoms with E-state index in [-0.39, 0.29) is 24.1 Å². The van der Waals surface area contributed by atoms with Gasteiger partial charge in [-0.3, -0.25) is 14.4 Å². The third kappa shape index (κ3) is 5.02. The first-order chi connectivity index (χ1) is 12.3. The van der Waals surface area contributed by atoms with Crippen molar-refractivity contribution < 1.29 is 14.4 Å². The van der Waals surface area contributed by atoms with Crippen molar-refractivity contribution in [2.75, 3.05) is 16.8 Å². The summed E-state index contributed by atoms with van der Waals surface area (Å²) < 4.78 is 0. The largest absolute Gasteiger partial charge is 0.325 e. The molecule has 136 valence electrons. The van der Waals surface area contributed by atoms with Gasteiger partial charge in [0.1, 0.15) is 6.54 Å². The van der Waals surface area contributed by atoms with Gasteiger partial charge in [0.25, 0.3) is 0 Å². The molecule has 2 rings (SSSR count). The highest BCUT2D eigenvalue weighted by Crippen LogP contribution is 2.18. The first kappa shape index (κ1) is 19.4. The highest BCUT2D eigenvalue weighted by atomic mass is 16.2. The molecule has 0 spiro atoms. The second-order valence-electron chi connectivity index (χ2n) is 6.53. The highest BCUT2D eigenvalue weighted by Gasteiger charge is 2.16. The Morgan fingerprint density at radius 2 is 1.50 bits per heavy atom. The third-order valence-electron chi connectivity index (χ3n) is 4.13. The summed E-state index contributed by atoms with van der Waals surface area (Å²) in [6.07, 6.45) is 0. The number of ketones is 1. The second-order valence-corrected chi connectivity index (χ2v) is 6.53. The number of hydrogen-bond acceptors (Lipinski definition) is 3. The van der Waals surface area contributed by atoms with Gasteiger partial charge in [0.15, 0.2) is 5.78 Å². The number of carbonyl (C=O) groups is 3. The summed E-state index contributed by atoms with van der Waals surface area (Å²) in [5, 5.41) is 2.81. The molecule has 0 bridgehead atoms. The van der Waals surface area contributed by atoms with Crippen LogP contribution in [0.15, 0.2) is 48.5 Å². The third-order valence-corrected chi connectivity index (χ3v) is 4.13. The SMILES string of the molecule is CC(=O)c1ccc(N(CC(=O)Nc2ccc(C(C)C)cc2)C(C)=O)cc1. The van der Waals surface area contributed by atoms with Gasteiger partial charge in [0, 0.05) is 23.9 Å². The van der Waals surface area contributed by atoms with Crippen LogP contribution in [0.1, 0.15) is 49.5 Å². The number of benzene rings is 2. The molecule has 0 saturated heterocycles. The van der Waals surface area contributed by atoms with E-state index >= 15 is 0 Å². The van der Waals surface area contributed by atoms with E-state index in [1.165, 1.54) is 24.3 Å².